The molecule has 1 amide bonds. The number of amidine groups is 1. The van der Waals surface area contributed by atoms with Crippen LogP contribution in [-0.2, 0) is 24.7 Å². The molecule has 136 valence electrons. The summed E-state index contributed by atoms with van der Waals surface area (Å²) in [6, 6.07) is 0. The molecule has 2 saturated heterocycles. The molecule has 0 aromatic heterocycles. The first-order chi connectivity index (χ1) is 11.1. The highest BCUT2D eigenvalue weighted by atomic mass is 32.2. The first kappa shape index (κ1) is 17.8. The zero-order valence-electron chi connectivity index (χ0n) is 13.7. The lowest BCUT2D eigenvalue weighted by Crippen LogP contribution is -2.50. The number of hydrogen-bond donors (Lipinski definition) is 1. The Bertz CT molecular complexity index is 764. The molecule has 8 nitrogen and oxygen atoms in total. The standard InChI is InChI=1S/C14H23N3O5S2/c1-11-15-13(18)14(16-11)4-6-17(7-5-14)24(21,22)9-3-12-2-8-23(19,20)10-12/h12H,2-10H2,1H3,(H,15,16,18). The molecule has 3 aliphatic rings. The highest BCUT2D eigenvalue weighted by Crippen LogP contribution is 2.31. The molecule has 3 heterocycles. The van der Waals surface area contributed by atoms with E-state index in [9.17, 15) is 21.6 Å². The van der Waals surface area contributed by atoms with Gasteiger partial charge >= 0.3 is 0 Å². The minimum Gasteiger partial charge on any atom is -0.313 e. The summed E-state index contributed by atoms with van der Waals surface area (Å²) in [5.41, 5.74) is -0.810. The minimum absolute atomic E-state index is 0.0331. The second kappa shape index (κ2) is 6.06. The lowest BCUT2D eigenvalue weighted by molar-refractivity contribution is -0.124. The molecule has 1 atom stereocenters. The number of rotatable bonds is 4. The predicted octanol–water partition coefficient (Wildman–Crippen LogP) is -0.476. The van der Waals surface area contributed by atoms with Crippen LogP contribution in [0.2, 0.25) is 0 Å². The van der Waals surface area contributed by atoms with Gasteiger partial charge in [-0.25, -0.2) is 21.1 Å². The number of aliphatic imine (C=N–C) groups is 1. The van der Waals surface area contributed by atoms with Gasteiger partial charge in [0.25, 0.3) is 5.91 Å². The van der Waals surface area contributed by atoms with Crippen LogP contribution < -0.4 is 5.32 Å². The maximum Gasteiger partial charge on any atom is 0.253 e. The summed E-state index contributed by atoms with van der Waals surface area (Å²) in [5, 5.41) is 2.69. The van der Waals surface area contributed by atoms with Crippen molar-refractivity contribution in [1.82, 2.24) is 9.62 Å². The molecule has 3 rings (SSSR count). The molecule has 0 aliphatic carbocycles. The first-order valence-corrected chi connectivity index (χ1v) is 11.6. The number of sulfone groups is 1. The molecule has 0 saturated carbocycles. The second-order valence-corrected chi connectivity index (χ2v) is 11.3. The van der Waals surface area contributed by atoms with Crippen molar-refractivity contribution >= 4 is 31.6 Å². The summed E-state index contributed by atoms with van der Waals surface area (Å²) in [7, 11) is -6.41. The van der Waals surface area contributed by atoms with E-state index in [1.165, 1.54) is 4.31 Å². The summed E-state index contributed by atoms with van der Waals surface area (Å²) in [6.07, 6.45) is 1.69. The third kappa shape index (κ3) is 3.50. The minimum atomic E-state index is -3.43. The second-order valence-electron chi connectivity index (χ2n) is 6.96. The number of carbonyl (C=O) groups is 1. The van der Waals surface area contributed by atoms with Gasteiger partial charge in [-0.3, -0.25) is 9.79 Å². The molecule has 3 aliphatic heterocycles. The van der Waals surface area contributed by atoms with Gasteiger partial charge in [-0.15, -0.1) is 0 Å². The number of sulfonamides is 1. The molecule has 1 N–H and O–H groups in total. The largest absolute Gasteiger partial charge is 0.313 e. The van der Waals surface area contributed by atoms with Crippen LogP contribution in [0.4, 0.5) is 0 Å². The van der Waals surface area contributed by atoms with Gasteiger partial charge in [-0.05, 0) is 38.5 Å². The maximum atomic E-state index is 12.5. The number of nitrogens with zero attached hydrogens (tertiary/aromatic N) is 2. The molecule has 0 bridgehead atoms. The van der Waals surface area contributed by atoms with Crippen LogP contribution in [0.15, 0.2) is 4.99 Å². The Hall–Kier alpha value is -1.00. The quantitative estimate of drug-likeness (QED) is 0.711. The first-order valence-electron chi connectivity index (χ1n) is 8.18. The molecule has 24 heavy (non-hydrogen) atoms. The molecule has 0 radical (unpaired) electrons. The number of hydrogen-bond acceptors (Lipinski definition) is 6. The van der Waals surface area contributed by atoms with Crippen molar-refractivity contribution in [3.8, 4) is 0 Å². The normalized spacial score (nSPS) is 29.6. The smallest absolute Gasteiger partial charge is 0.253 e. The van der Waals surface area contributed by atoms with E-state index in [-0.39, 0.29) is 42.2 Å². The Morgan fingerprint density at radius 3 is 2.50 bits per heavy atom. The van der Waals surface area contributed by atoms with Gasteiger partial charge in [-0.1, -0.05) is 0 Å². The highest BCUT2D eigenvalue weighted by Gasteiger charge is 2.46. The Morgan fingerprint density at radius 1 is 1.33 bits per heavy atom. The van der Waals surface area contributed by atoms with Crippen molar-refractivity contribution in [2.45, 2.75) is 38.1 Å². The van der Waals surface area contributed by atoms with Gasteiger partial charge in [0.05, 0.1) is 17.3 Å². The van der Waals surface area contributed by atoms with Crippen molar-refractivity contribution < 1.29 is 21.6 Å². The van der Waals surface area contributed by atoms with Gasteiger partial charge < -0.3 is 5.32 Å². The van der Waals surface area contributed by atoms with E-state index in [1.807, 2.05) is 0 Å². The van der Waals surface area contributed by atoms with Crippen molar-refractivity contribution in [2.75, 3.05) is 30.3 Å². The maximum absolute atomic E-state index is 12.5. The topological polar surface area (TPSA) is 113 Å². The van der Waals surface area contributed by atoms with E-state index in [1.54, 1.807) is 6.92 Å². The summed E-state index contributed by atoms with van der Waals surface area (Å²) in [5.74, 6) is 0.603. The molecular weight excluding hydrogens is 354 g/mol. The summed E-state index contributed by atoms with van der Waals surface area (Å²) in [6.45, 7) is 2.27. The zero-order chi connectivity index (χ0) is 17.6. The summed E-state index contributed by atoms with van der Waals surface area (Å²) < 4.78 is 49.3. The van der Waals surface area contributed by atoms with Crippen LogP contribution in [0.25, 0.3) is 0 Å². The number of carbonyl (C=O) groups excluding carboxylic acids is 1. The highest BCUT2D eigenvalue weighted by molar-refractivity contribution is 7.91. The average Bonchev–Trinajstić information content (AvgIpc) is 2.97. The van der Waals surface area contributed by atoms with E-state index in [0.29, 0.717) is 31.5 Å². The van der Waals surface area contributed by atoms with E-state index in [4.69, 9.17) is 0 Å². The summed E-state index contributed by atoms with van der Waals surface area (Å²) >= 11 is 0. The van der Waals surface area contributed by atoms with Crippen LogP contribution >= 0.6 is 0 Å². The molecule has 1 unspecified atom stereocenters. The molecular formula is C14H23N3O5S2. The van der Waals surface area contributed by atoms with Gasteiger partial charge in [0.2, 0.25) is 10.0 Å². The van der Waals surface area contributed by atoms with Crippen molar-refractivity contribution in [3.63, 3.8) is 0 Å². The SMILES string of the molecule is CC1=NC2(CCN(S(=O)(=O)CCC3CCS(=O)(=O)C3)CC2)C(=O)N1. The van der Waals surface area contributed by atoms with Gasteiger partial charge in [0.1, 0.15) is 11.4 Å². The van der Waals surface area contributed by atoms with E-state index in [2.05, 4.69) is 10.3 Å². The van der Waals surface area contributed by atoms with Crippen molar-refractivity contribution in [2.24, 2.45) is 10.9 Å². The molecule has 0 aromatic carbocycles. The number of amides is 1. The molecule has 0 aromatic rings. The Morgan fingerprint density at radius 2 is 2.00 bits per heavy atom. The monoisotopic (exact) mass is 377 g/mol. The fourth-order valence-electron chi connectivity index (χ4n) is 3.70. The van der Waals surface area contributed by atoms with Gasteiger partial charge in [0, 0.05) is 13.1 Å². The third-order valence-corrected chi connectivity index (χ3v) is 8.89. The lowest BCUT2D eigenvalue weighted by Gasteiger charge is -2.34. The fraction of sp³-hybridized carbons (Fsp3) is 0.857. The molecule has 2 fully saturated rings. The van der Waals surface area contributed by atoms with E-state index in [0.717, 1.165) is 0 Å². The third-order valence-electron chi connectivity index (χ3n) is 5.15. The molecule has 10 heteroatoms. The van der Waals surface area contributed by atoms with E-state index >= 15 is 0 Å². The number of piperidine rings is 1. The molecule has 1 spiro atoms. The van der Waals surface area contributed by atoms with Crippen LogP contribution in [0.1, 0.15) is 32.6 Å². The fourth-order valence-corrected chi connectivity index (χ4v) is 7.24. The van der Waals surface area contributed by atoms with Gasteiger partial charge in [-0.2, -0.15) is 0 Å². The van der Waals surface area contributed by atoms with Crippen LogP contribution in [0.3, 0.4) is 0 Å². The predicted molar refractivity (Wildman–Crippen MR) is 90.0 cm³/mol. The summed E-state index contributed by atoms with van der Waals surface area (Å²) in [4.78, 5) is 16.4. The van der Waals surface area contributed by atoms with Crippen LogP contribution in [-0.4, -0.2) is 68.8 Å². The Labute approximate surface area is 142 Å². The Kier molecular flexibility index (Phi) is 4.50. The number of nitrogens with one attached hydrogen (secondary N) is 1. The van der Waals surface area contributed by atoms with Crippen LogP contribution in [0, 0.1) is 5.92 Å². The van der Waals surface area contributed by atoms with Crippen LogP contribution in [0.5, 0.6) is 0 Å². The lowest BCUT2D eigenvalue weighted by atomic mass is 9.89. The van der Waals surface area contributed by atoms with Crippen molar-refractivity contribution in [1.29, 1.82) is 0 Å². The zero-order valence-corrected chi connectivity index (χ0v) is 15.3. The van der Waals surface area contributed by atoms with Gasteiger partial charge in [0.15, 0.2) is 9.84 Å². The van der Waals surface area contributed by atoms with Crippen molar-refractivity contribution in [3.05, 3.63) is 0 Å². The van der Waals surface area contributed by atoms with E-state index < -0.39 is 25.4 Å². The Balaban J connectivity index is 1.56. The average molecular weight is 377 g/mol.